The van der Waals surface area contributed by atoms with Gasteiger partial charge in [0.1, 0.15) is 11.8 Å². The lowest BCUT2D eigenvalue weighted by atomic mass is 10.00. The molecule has 2 aromatic heterocycles. The van der Waals surface area contributed by atoms with Gasteiger partial charge in [-0.25, -0.2) is 4.68 Å². The molecule has 36 heavy (non-hydrogen) atoms. The molecule has 3 heterocycles. The summed E-state index contributed by atoms with van der Waals surface area (Å²) in [5, 5.41) is 23.1. The van der Waals surface area contributed by atoms with Crippen molar-refractivity contribution in [2.45, 2.75) is 26.4 Å². The monoisotopic (exact) mass is 489 g/mol. The molecule has 1 unspecified atom stereocenters. The first-order valence-electron chi connectivity index (χ1n) is 12.1. The fraction of sp³-hybridized carbons (Fsp3) is 0.385. The Morgan fingerprint density at radius 1 is 1.08 bits per heavy atom. The molecule has 2 N–H and O–H groups in total. The third-order valence-electron chi connectivity index (χ3n) is 6.82. The van der Waals surface area contributed by atoms with Gasteiger partial charge in [-0.2, -0.15) is 0 Å². The SMILES string of the molecule is COCCn1nnnc1C(c1cc2cc(C)cc(C)c2[nH]c1=O)N1CCN(c2ccc(O)cc2)CC1. The van der Waals surface area contributed by atoms with Crippen LogP contribution in [0.15, 0.2) is 47.3 Å². The number of hydrogen-bond acceptors (Lipinski definition) is 8. The number of piperazine rings is 1. The summed E-state index contributed by atoms with van der Waals surface area (Å²) in [5.41, 5.74) is 4.58. The van der Waals surface area contributed by atoms with Gasteiger partial charge in [-0.15, -0.1) is 5.10 Å². The van der Waals surface area contributed by atoms with Crippen LogP contribution in [-0.2, 0) is 11.3 Å². The van der Waals surface area contributed by atoms with E-state index in [1.54, 1.807) is 23.9 Å². The number of aromatic hydroxyl groups is 1. The number of pyridine rings is 1. The molecule has 5 rings (SSSR count). The lowest BCUT2D eigenvalue weighted by Gasteiger charge is -2.39. The van der Waals surface area contributed by atoms with Crippen molar-refractivity contribution in [2.75, 3.05) is 44.8 Å². The van der Waals surface area contributed by atoms with E-state index in [1.807, 2.05) is 25.1 Å². The number of methoxy groups -OCH3 is 1. The van der Waals surface area contributed by atoms with E-state index in [2.05, 4.69) is 49.4 Å². The van der Waals surface area contributed by atoms with Crippen molar-refractivity contribution in [3.05, 3.63) is 75.3 Å². The average Bonchev–Trinajstić information content (AvgIpc) is 3.33. The number of ether oxygens (including phenoxy) is 1. The van der Waals surface area contributed by atoms with Gasteiger partial charge < -0.3 is 19.7 Å². The van der Waals surface area contributed by atoms with E-state index in [0.717, 1.165) is 40.8 Å². The summed E-state index contributed by atoms with van der Waals surface area (Å²) in [7, 11) is 1.64. The molecule has 1 atom stereocenters. The molecule has 188 valence electrons. The van der Waals surface area contributed by atoms with E-state index in [0.29, 0.717) is 37.6 Å². The number of aryl methyl sites for hydroxylation is 2. The maximum atomic E-state index is 13.5. The molecule has 10 nitrogen and oxygen atoms in total. The predicted octanol–water partition coefficient (Wildman–Crippen LogP) is 2.40. The van der Waals surface area contributed by atoms with Crippen molar-refractivity contribution in [1.82, 2.24) is 30.1 Å². The number of anilines is 1. The lowest BCUT2D eigenvalue weighted by Crippen LogP contribution is -2.49. The number of aromatic amines is 1. The predicted molar refractivity (Wildman–Crippen MR) is 137 cm³/mol. The fourth-order valence-corrected chi connectivity index (χ4v) is 5.05. The third-order valence-corrected chi connectivity index (χ3v) is 6.82. The summed E-state index contributed by atoms with van der Waals surface area (Å²) in [6, 6.07) is 13.0. The Kier molecular flexibility index (Phi) is 6.71. The zero-order chi connectivity index (χ0) is 25.2. The van der Waals surface area contributed by atoms with E-state index in [4.69, 9.17) is 4.74 Å². The number of fused-ring (bicyclic) bond motifs is 1. The summed E-state index contributed by atoms with van der Waals surface area (Å²) in [5.74, 6) is 0.876. The van der Waals surface area contributed by atoms with Crippen LogP contribution in [0, 0.1) is 13.8 Å². The molecule has 1 aliphatic rings. The molecule has 0 aliphatic carbocycles. The minimum atomic E-state index is -0.409. The van der Waals surface area contributed by atoms with Crippen molar-refractivity contribution in [3.63, 3.8) is 0 Å². The minimum Gasteiger partial charge on any atom is -0.508 e. The van der Waals surface area contributed by atoms with Crippen LogP contribution in [0.1, 0.15) is 28.6 Å². The average molecular weight is 490 g/mol. The third kappa shape index (κ3) is 4.69. The Labute approximate surface area is 209 Å². The maximum Gasteiger partial charge on any atom is 0.253 e. The number of phenols is 1. The molecule has 1 aliphatic heterocycles. The highest BCUT2D eigenvalue weighted by Crippen LogP contribution is 2.30. The van der Waals surface area contributed by atoms with Crippen LogP contribution in [0.4, 0.5) is 5.69 Å². The van der Waals surface area contributed by atoms with Crippen LogP contribution >= 0.6 is 0 Å². The van der Waals surface area contributed by atoms with Crippen molar-refractivity contribution in [3.8, 4) is 5.75 Å². The second-order valence-electron chi connectivity index (χ2n) is 9.29. The summed E-state index contributed by atoms with van der Waals surface area (Å²) >= 11 is 0. The second kappa shape index (κ2) is 10.1. The first-order valence-corrected chi connectivity index (χ1v) is 12.1. The number of tetrazole rings is 1. The summed E-state index contributed by atoms with van der Waals surface area (Å²) in [6.07, 6.45) is 0. The number of benzene rings is 2. The Balaban J connectivity index is 1.53. The fourth-order valence-electron chi connectivity index (χ4n) is 5.05. The Bertz CT molecular complexity index is 1410. The standard InChI is InChI=1S/C26H31N7O3/c1-17-14-18(2)23-19(15-17)16-22(26(35)27-23)24(25-28-29-30-33(25)12-13-36-3)32-10-8-31(9-11-32)20-4-6-21(34)7-5-20/h4-7,14-16,24,34H,8-13H2,1-3H3,(H,27,35). The molecule has 0 amide bonds. The van der Waals surface area contributed by atoms with Gasteiger partial charge in [-0.1, -0.05) is 11.6 Å². The topological polar surface area (TPSA) is 112 Å². The van der Waals surface area contributed by atoms with E-state index in [1.165, 1.54) is 0 Å². The van der Waals surface area contributed by atoms with E-state index in [-0.39, 0.29) is 11.3 Å². The van der Waals surface area contributed by atoms with Gasteiger partial charge in [0.2, 0.25) is 0 Å². The van der Waals surface area contributed by atoms with Gasteiger partial charge in [-0.3, -0.25) is 9.69 Å². The highest BCUT2D eigenvalue weighted by molar-refractivity contribution is 5.83. The van der Waals surface area contributed by atoms with Crippen LogP contribution in [0.3, 0.4) is 0 Å². The molecule has 0 spiro atoms. The van der Waals surface area contributed by atoms with Gasteiger partial charge >= 0.3 is 0 Å². The van der Waals surface area contributed by atoms with Gasteiger partial charge in [-0.05, 0) is 71.6 Å². The van der Waals surface area contributed by atoms with Crippen LogP contribution in [-0.4, -0.2) is 75.1 Å². The van der Waals surface area contributed by atoms with Crippen molar-refractivity contribution < 1.29 is 9.84 Å². The van der Waals surface area contributed by atoms with Crippen molar-refractivity contribution >= 4 is 16.6 Å². The smallest absolute Gasteiger partial charge is 0.253 e. The largest absolute Gasteiger partial charge is 0.508 e. The number of nitrogens with zero attached hydrogens (tertiary/aromatic N) is 6. The number of rotatable bonds is 7. The quantitative estimate of drug-likeness (QED) is 0.407. The van der Waals surface area contributed by atoms with Gasteiger partial charge in [0.05, 0.1) is 18.7 Å². The van der Waals surface area contributed by atoms with Crippen molar-refractivity contribution in [1.29, 1.82) is 0 Å². The molecule has 1 saturated heterocycles. The summed E-state index contributed by atoms with van der Waals surface area (Å²) in [4.78, 5) is 21.1. The number of nitrogens with one attached hydrogen (secondary N) is 1. The first-order chi connectivity index (χ1) is 17.4. The molecule has 0 radical (unpaired) electrons. The molecule has 1 fully saturated rings. The lowest BCUT2D eigenvalue weighted by molar-refractivity contribution is 0.171. The van der Waals surface area contributed by atoms with Crippen LogP contribution in [0.2, 0.25) is 0 Å². The summed E-state index contributed by atoms with van der Waals surface area (Å²) in [6.45, 7) is 7.99. The zero-order valence-electron chi connectivity index (χ0n) is 20.8. The van der Waals surface area contributed by atoms with Crippen molar-refractivity contribution in [2.24, 2.45) is 0 Å². The normalized spacial score (nSPS) is 15.5. The summed E-state index contributed by atoms with van der Waals surface area (Å²) < 4.78 is 6.99. The number of aromatic nitrogens is 5. The van der Waals surface area contributed by atoms with E-state index < -0.39 is 6.04 Å². The number of H-pyrrole nitrogens is 1. The Morgan fingerprint density at radius 3 is 2.56 bits per heavy atom. The van der Waals surface area contributed by atoms with Gasteiger partial charge in [0.15, 0.2) is 5.82 Å². The van der Waals surface area contributed by atoms with E-state index in [9.17, 15) is 9.90 Å². The van der Waals surface area contributed by atoms with Crippen LogP contribution < -0.4 is 10.5 Å². The molecular weight excluding hydrogens is 458 g/mol. The molecule has 10 heteroatoms. The van der Waals surface area contributed by atoms with Crippen LogP contribution in [0.5, 0.6) is 5.75 Å². The Hall–Kier alpha value is -3.76. The highest BCUT2D eigenvalue weighted by atomic mass is 16.5. The maximum absolute atomic E-state index is 13.5. The van der Waals surface area contributed by atoms with Gasteiger partial charge in [0.25, 0.3) is 5.56 Å². The van der Waals surface area contributed by atoms with Crippen LogP contribution in [0.25, 0.3) is 10.9 Å². The van der Waals surface area contributed by atoms with E-state index >= 15 is 0 Å². The zero-order valence-corrected chi connectivity index (χ0v) is 20.8. The van der Waals surface area contributed by atoms with Gasteiger partial charge in [0, 0.05) is 44.5 Å². The molecule has 0 bridgehead atoms. The molecule has 2 aromatic carbocycles. The minimum absolute atomic E-state index is 0.137. The molecular formula is C26H31N7O3. The second-order valence-corrected chi connectivity index (χ2v) is 9.29. The first kappa shape index (κ1) is 24.0. The number of hydrogen-bond donors (Lipinski definition) is 2. The number of phenolic OH excluding ortho intramolecular Hbond substituents is 1. The Morgan fingerprint density at radius 2 is 1.83 bits per heavy atom. The molecule has 4 aromatic rings. The molecule has 0 saturated carbocycles. The highest BCUT2D eigenvalue weighted by Gasteiger charge is 2.32.